The SMILES string of the molecule is Cc1nc2cc(C(=O)N(Cc3ccccn3)CC3CCCO3)ccc2s1. The number of hydrogen-bond acceptors (Lipinski definition) is 5. The fraction of sp³-hybridized carbons (Fsp3) is 0.350. The molecule has 1 aromatic carbocycles. The fourth-order valence-electron chi connectivity index (χ4n) is 3.30. The predicted molar refractivity (Wildman–Crippen MR) is 102 cm³/mol. The molecule has 1 aliphatic rings. The number of nitrogens with zero attached hydrogens (tertiary/aromatic N) is 3. The van der Waals surface area contributed by atoms with Gasteiger partial charge in [0, 0.05) is 24.9 Å². The quantitative estimate of drug-likeness (QED) is 0.688. The normalized spacial score (nSPS) is 16.9. The van der Waals surface area contributed by atoms with Crippen LogP contribution in [-0.4, -0.2) is 40.0 Å². The van der Waals surface area contributed by atoms with Gasteiger partial charge in [-0.15, -0.1) is 11.3 Å². The molecule has 1 fully saturated rings. The third-order valence-electron chi connectivity index (χ3n) is 4.56. The smallest absolute Gasteiger partial charge is 0.254 e. The number of thiazole rings is 1. The van der Waals surface area contributed by atoms with Gasteiger partial charge in [-0.05, 0) is 50.1 Å². The molecule has 0 bridgehead atoms. The summed E-state index contributed by atoms with van der Waals surface area (Å²) in [6.07, 6.45) is 3.91. The van der Waals surface area contributed by atoms with Crippen molar-refractivity contribution in [2.45, 2.75) is 32.4 Å². The Morgan fingerprint density at radius 2 is 2.27 bits per heavy atom. The van der Waals surface area contributed by atoms with E-state index >= 15 is 0 Å². The third-order valence-corrected chi connectivity index (χ3v) is 5.51. The van der Waals surface area contributed by atoms with E-state index in [1.165, 1.54) is 0 Å². The minimum absolute atomic E-state index is 0.00120. The van der Waals surface area contributed by atoms with Gasteiger partial charge in [0.2, 0.25) is 0 Å². The maximum atomic E-state index is 13.2. The molecule has 0 N–H and O–H groups in total. The molecule has 1 atom stereocenters. The van der Waals surface area contributed by atoms with Gasteiger partial charge in [0.05, 0.1) is 33.6 Å². The third kappa shape index (κ3) is 3.76. The van der Waals surface area contributed by atoms with E-state index < -0.39 is 0 Å². The molecule has 0 aliphatic carbocycles. The van der Waals surface area contributed by atoms with Crippen LogP contribution in [0.3, 0.4) is 0 Å². The van der Waals surface area contributed by atoms with Crippen molar-refractivity contribution in [1.29, 1.82) is 0 Å². The predicted octanol–water partition coefficient (Wildman–Crippen LogP) is 3.82. The Bertz CT molecular complexity index is 904. The zero-order chi connectivity index (χ0) is 17.9. The van der Waals surface area contributed by atoms with Crippen LogP contribution in [-0.2, 0) is 11.3 Å². The van der Waals surface area contributed by atoms with Gasteiger partial charge in [0.25, 0.3) is 5.91 Å². The van der Waals surface area contributed by atoms with Crippen molar-refractivity contribution in [2.75, 3.05) is 13.2 Å². The average molecular weight is 367 g/mol. The standard InChI is InChI=1S/C20H21N3O2S/c1-14-22-18-11-15(7-8-19(18)26-14)20(24)23(13-17-6-4-10-25-17)12-16-5-2-3-9-21-16/h2-3,5,7-9,11,17H,4,6,10,12-13H2,1H3. The topological polar surface area (TPSA) is 55.3 Å². The summed E-state index contributed by atoms with van der Waals surface area (Å²) in [7, 11) is 0. The fourth-order valence-corrected chi connectivity index (χ4v) is 4.11. The summed E-state index contributed by atoms with van der Waals surface area (Å²) in [4.78, 5) is 23.9. The van der Waals surface area contributed by atoms with Gasteiger partial charge >= 0.3 is 0 Å². The zero-order valence-electron chi connectivity index (χ0n) is 14.7. The van der Waals surface area contributed by atoms with Gasteiger partial charge in [-0.25, -0.2) is 4.98 Å². The minimum Gasteiger partial charge on any atom is -0.376 e. The summed E-state index contributed by atoms with van der Waals surface area (Å²) < 4.78 is 6.86. The monoisotopic (exact) mass is 367 g/mol. The molecule has 3 heterocycles. The van der Waals surface area contributed by atoms with Crippen molar-refractivity contribution >= 4 is 27.5 Å². The number of benzene rings is 1. The van der Waals surface area contributed by atoms with E-state index in [9.17, 15) is 4.79 Å². The summed E-state index contributed by atoms with van der Waals surface area (Å²) in [6, 6.07) is 11.5. The first-order chi connectivity index (χ1) is 12.7. The van der Waals surface area contributed by atoms with E-state index in [0.29, 0.717) is 18.7 Å². The molecule has 134 valence electrons. The number of fused-ring (bicyclic) bond motifs is 1. The molecule has 1 unspecified atom stereocenters. The highest BCUT2D eigenvalue weighted by atomic mass is 32.1. The molecule has 3 aromatic rings. The Labute approximate surface area is 156 Å². The molecular weight excluding hydrogens is 346 g/mol. The van der Waals surface area contributed by atoms with Crippen LogP contribution < -0.4 is 0 Å². The van der Waals surface area contributed by atoms with E-state index in [0.717, 1.165) is 40.4 Å². The number of amides is 1. The Morgan fingerprint density at radius 3 is 3.04 bits per heavy atom. The number of hydrogen-bond donors (Lipinski definition) is 0. The lowest BCUT2D eigenvalue weighted by Crippen LogP contribution is -2.37. The van der Waals surface area contributed by atoms with E-state index in [-0.39, 0.29) is 12.0 Å². The van der Waals surface area contributed by atoms with Crippen LogP contribution in [0.5, 0.6) is 0 Å². The van der Waals surface area contributed by atoms with Crippen molar-refractivity contribution in [3.8, 4) is 0 Å². The van der Waals surface area contributed by atoms with Crippen molar-refractivity contribution in [3.05, 3.63) is 58.9 Å². The van der Waals surface area contributed by atoms with Gasteiger partial charge in [0.15, 0.2) is 0 Å². The molecule has 0 saturated carbocycles. The van der Waals surface area contributed by atoms with Gasteiger partial charge < -0.3 is 9.64 Å². The van der Waals surface area contributed by atoms with Gasteiger partial charge in [-0.3, -0.25) is 9.78 Å². The van der Waals surface area contributed by atoms with Crippen LogP contribution in [0.25, 0.3) is 10.2 Å². The minimum atomic E-state index is -0.00120. The van der Waals surface area contributed by atoms with Crippen LogP contribution in [0.2, 0.25) is 0 Å². The zero-order valence-corrected chi connectivity index (χ0v) is 15.5. The molecule has 0 spiro atoms. The molecular formula is C20H21N3O2S. The molecule has 1 saturated heterocycles. The lowest BCUT2D eigenvalue weighted by molar-refractivity contribution is 0.0504. The first-order valence-electron chi connectivity index (χ1n) is 8.87. The lowest BCUT2D eigenvalue weighted by Gasteiger charge is -2.25. The van der Waals surface area contributed by atoms with Crippen LogP contribution >= 0.6 is 11.3 Å². The Morgan fingerprint density at radius 1 is 1.35 bits per heavy atom. The first-order valence-corrected chi connectivity index (χ1v) is 9.69. The van der Waals surface area contributed by atoms with Gasteiger partial charge in [0.1, 0.15) is 0 Å². The van der Waals surface area contributed by atoms with E-state index in [2.05, 4.69) is 9.97 Å². The number of carbonyl (C=O) groups is 1. The second kappa shape index (κ2) is 7.51. The van der Waals surface area contributed by atoms with E-state index in [1.54, 1.807) is 17.5 Å². The summed E-state index contributed by atoms with van der Waals surface area (Å²) in [5, 5.41) is 1.01. The highest BCUT2D eigenvalue weighted by Gasteiger charge is 2.24. The number of aromatic nitrogens is 2. The van der Waals surface area contributed by atoms with Crippen LogP contribution in [0, 0.1) is 6.92 Å². The Hall–Kier alpha value is -2.31. The Balaban J connectivity index is 1.60. The highest BCUT2D eigenvalue weighted by Crippen LogP contribution is 2.24. The highest BCUT2D eigenvalue weighted by molar-refractivity contribution is 7.18. The molecule has 0 radical (unpaired) electrons. The summed E-state index contributed by atoms with van der Waals surface area (Å²) in [5.74, 6) is -0.00120. The number of rotatable bonds is 5. The van der Waals surface area contributed by atoms with Gasteiger partial charge in [-0.2, -0.15) is 0 Å². The molecule has 1 amide bonds. The van der Waals surface area contributed by atoms with Gasteiger partial charge in [-0.1, -0.05) is 6.07 Å². The van der Waals surface area contributed by atoms with Crippen molar-refractivity contribution in [3.63, 3.8) is 0 Å². The van der Waals surface area contributed by atoms with Crippen molar-refractivity contribution in [2.24, 2.45) is 0 Å². The summed E-state index contributed by atoms with van der Waals surface area (Å²) in [5.41, 5.74) is 2.43. The Kier molecular flexibility index (Phi) is 4.95. The van der Waals surface area contributed by atoms with Crippen LogP contribution in [0.15, 0.2) is 42.6 Å². The number of carbonyl (C=O) groups excluding carboxylic acids is 1. The van der Waals surface area contributed by atoms with E-state index in [4.69, 9.17) is 4.74 Å². The summed E-state index contributed by atoms with van der Waals surface area (Å²) in [6.45, 7) is 3.83. The molecule has 6 heteroatoms. The number of aryl methyl sites for hydroxylation is 1. The lowest BCUT2D eigenvalue weighted by atomic mass is 10.1. The van der Waals surface area contributed by atoms with Crippen LogP contribution in [0.1, 0.15) is 33.9 Å². The summed E-state index contributed by atoms with van der Waals surface area (Å²) >= 11 is 1.64. The molecule has 5 nitrogen and oxygen atoms in total. The van der Waals surface area contributed by atoms with Crippen molar-refractivity contribution in [1.82, 2.24) is 14.9 Å². The second-order valence-electron chi connectivity index (χ2n) is 6.56. The second-order valence-corrected chi connectivity index (χ2v) is 7.79. The van der Waals surface area contributed by atoms with Crippen molar-refractivity contribution < 1.29 is 9.53 Å². The number of ether oxygens (including phenoxy) is 1. The van der Waals surface area contributed by atoms with E-state index in [1.807, 2.05) is 48.2 Å². The molecule has 2 aromatic heterocycles. The maximum Gasteiger partial charge on any atom is 0.254 e. The number of pyridine rings is 1. The maximum absolute atomic E-state index is 13.2. The molecule has 4 rings (SSSR count). The molecule has 1 aliphatic heterocycles. The van der Waals surface area contributed by atoms with Crippen LogP contribution in [0.4, 0.5) is 0 Å². The molecule has 26 heavy (non-hydrogen) atoms. The average Bonchev–Trinajstić information content (AvgIpc) is 3.29. The largest absolute Gasteiger partial charge is 0.376 e. The first kappa shape index (κ1) is 17.1.